The summed E-state index contributed by atoms with van der Waals surface area (Å²) in [6.07, 6.45) is 6.29. The Morgan fingerprint density at radius 1 is 1.07 bits per heavy atom. The highest BCUT2D eigenvalue weighted by molar-refractivity contribution is 5.99. The molecule has 2 bridgehead atoms. The van der Waals surface area contributed by atoms with Gasteiger partial charge in [-0.1, -0.05) is 6.07 Å². The van der Waals surface area contributed by atoms with E-state index in [9.17, 15) is 4.79 Å². The lowest BCUT2D eigenvalue weighted by Gasteiger charge is -2.26. The van der Waals surface area contributed by atoms with E-state index in [-0.39, 0.29) is 18.0 Å². The van der Waals surface area contributed by atoms with E-state index in [2.05, 4.69) is 9.97 Å². The summed E-state index contributed by atoms with van der Waals surface area (Å²) in [6.45, 7) is 5.26. The molecule has 4 heterocycles. The zero-order valence-corrected chi connectivity index (χ0v) is 16.9. The number of ether oxygens (including phenoxy) is 3. The average Bonchev–Trinajstić information content (AvgIpc) is 3.31. The average molecular weight is 397 g/mol. The van der Waals surface area contributed by atoms with Crippen molar-refractivity contribution in [3.63, 3.8) is 0 Å². The van der Waals surface area contributed by atoms with Crippen molar-refractivity contribution in [3.05, 3.63) is 42.2 Å². The normalized spacial score (nSPS) is 22.6. The third kappa shape index (κ3) is 3.86. The molecule has 2 aromatic heterocycles. The van der Waals surface area contributed by atoms with Crippen LogP contribution in [0.15, 0.2) is 36.7 Å². The topological polar surface area (TPSA) is 73.8 Å². The summed E-state index contributed by atoms with van der Waals surface area (Å²) in [7, 11) is 0. The van der Waals surface area contributed by atoms with Crippen molar-refractivity contribution >= 4 is 5.91 Å². The Kier molecular flexibility index (Phi) is 5.83. The summed E-state index contributed by atoms with van der Waals surface area (Å²) in [5, 5.41) is 0. The van der Waals surface area contributed by atoms with Crippen LogP contribution in [-0.2, 0) is 0 Å². The molecule has 154 valence electrons. The quantitative estimate of drug-likeness (QED) is 0.680. The van der Waals surface area contributed by atoms with Gasteiger partial charge in [0.05, 0.1) is 19.8 Å². The van der Waals surface area contributed by atoms with Crippen LogP contribution in [0.5, 0.6) is 17.5 Å². The molecule has 0 aromatic carbocycles. The summed E-state index contributed by atoms with van der Waals surface area (Å²) in [5.74, 6) is 1.73. The summed E-state index contributed by atoms with van der Waals surface area (Å²) in [4.78, 5) is 24.1. The molecule has 0 radical (unpaired) electrons. The van der Waals surface area contributed by atoms with Gasteiger partial charge in [-0.25, -0.2) is 9.97 Å². The maximum absolute atomic E-state index is 13.6. The van der Waals surface area contributed by atoms with Gasteiger partial charge in [0.15, 0.2) is 0 Å². The predicted molar refractivity (Wildman–Crippen MR) is 107 cm³/mol. The second kappa shape index (κ2) is 8.68. The SMILES string of the molecule is CCOc1ccnc(OCC)c1C(=O)N1C2CCC1C(COc1ccccn1)C2. The first-order valence-electron chi connectivity index (χ1n) is 10.3. The Labute approximate surface area is 171 Å². The summed E-state index contributed by atoms with van der Waals surface area (Å²) >= 11 is 0. The monoisotopic (exact) mass is 397 g/mol. The summed E-state index contributed by atoms with van der Waals surface area (Å²) in [6, 6.07) is 7.73. The Bertz CT molecular complexity index is 821. The minimum Gasteiger partial charge on any atom is -0.493 e. The molecule has 2 aliphatic rings. The van der Waals surface area contributed by atoms with Crippen LogP contribution in [0.3, 0.4) is 0 Å². The molecule has 2 aromatic rings. The van der Waals surface area contributed by atoms with Crippen molar-refractivity contribution in [2.45, 2.75) is 45.2 Å². The van der Waals surface area contributed by atoms with Crippen LogP contribution in [0.4, 0.5) is 0 Å². The van der Waals surface area contributed by atoms with Gasteiger partial charge < -0.3 is 19.1 Å². The van der Waals surface area contributed by atoms with E-state index in [0.29, 0.717) is 48.8 Å². The van der Waals surface area contributed by atoms with E-state index in [4.69, 9.17) is 14.2 Å². The maximum Gasteiger partial charge on any atom is 0.263 e. The highest BCUT2D eigenvalue weighted by Gasteiger charge is 2.49. The second-order valence-corrected chi connectivity index (χ2v) is 7.34. The third-order valence-electron chi connectivity index (χ3n) is 5.66. The molecule has 1 amide bonds. The Hall–Kier alpha value is -2.83. The fourth-order valence-electron chi connectivity index (χ4n) is 4.51. The zero-order chi connectivity index (χ0) is 20.2. The van der Waals surface area contributed by atoms with E-state index >= 15 is 0 Å². The molecule has 0 N–H and O–H groups in total. The van der Waals surface area contributed by atoms with Crippen molar-refractivity contribution in [1.29, 1.82) is 0 Å². The number of nitrogens with zero attached hydrogens (tertiary/aromatic N) is 3. The van der Waals surface area contributed by atoms with E-state index < -0.39 is 0 Å². The zero-order valence-electron chi connectivity index (χ0n) is 16.9. The van der Waals surface area contributed by atoms with Gasteiger partial charge in [0, 0.05) is 36.5 Å². The molecule has 7 heteroatoms. The number of pyridine rings is 2. The molecule has 4 rings (SSSR count). The lowest BCUT2D eigenvalue weighted by molar-refractivity contribution is 0.0700. The largest absolute Gasteiger partial charge is 0.493 e. The van der Waals surface area contributed by atoms with E-state index in [1.165, 1.54) is 0 Å². The van der Waals surface area contributed by atoms with Crippen LogP contribution in [0.25, 0.3) is 0 Å². The van der Waals surface area contributed by atoms with Gasteiger partial charge in [-0.05, 0) is 45.2 Å². The number of hydrogen-bond donors (Lipinski definition) is 0. The van der Waals surface area contributed by atoms with Crippen LogP contribution >= 0.6 is 0 Å². The van der Waals surface area contributed by atoms with Crippen LogP contribution in [0, 0.1) is 5.92 Å². The lowest BCUT2D eigenvalue weighted by atomic mass is 9.90. The van der Waals surface area contributed by atoms with Crippen molar-refractivity contribution in [2.75, 3.05) is 19.8 Å². The highest BCUT2D eigenvalue weighted by Crippen LogP contribution is 2.44. The van der Waals surface area contributed by atoms with Crippen LogP contribution in [0.1, 0.15) is 43.5 Å². The van der Waals surface area contributed by atoms with Gasteiger partial charge in [-0.2, -0.15) is 0 Å². The lowest BCUT2D eigenvalue weighted by Crippen LogP contribution is -2.38. The van der Waals surface area contributed by atoms with Gasteiger partial charge in [0.25, 0.3) is 5.91 Å². The second-order valence-electron chi connectivity index (χ2n) is 7.34. The van der Waals surface area contributed by atoms with Gasteiger partial charge in [-0.3, -0.25) is 4.79 Å². The Morgan fingerprint density at radius 2 is 1.93 bits per heavy atom. The van der Waals surface area contributed by atoms with Crippen molar-refractivity contribution < 1.29 is 19.0 Å². The number of fused-ring (bicyclic) bond motifs is 2. The fraction of sp³-hybridized carbons (Fsp3) is 0.500. The van der Waals surface area contributed by atoms with E-state index in [0.717, 1.165) is 19.3 Å². The first-order chi connectivity index (χ1) is 14.2. The van der Waals surface area contributed by atoms with Crippen LogP contribution in [-0.4, -0.2) is 52.7 Å². The first kappa shape index (κ1) is 19.5. The Morgan fingerprint density at radius 3 is 2.69 bits per heavy atom. The third-order valence-corrected chi connectivity index (χ3v) is 5.66. The molecule has 2 saturated heterocycles. The molecule has 2 fully saturated rings. The van der Waals surface area contributed by atoms with Gasteiger partial charge in [-0.15, -0.1) is 0 Å². The smallest absolute Gasteiger partial charge is 0.263 e. The van der Waals surface area contributed by atoms with Crippen molar-refractivity contribution in [3.8, 4) is 17.5 Å². The van der Waals surface area contributed by atoms with Crippen LogP contribution in [0.2, 0.25) is 0 Å². The molecule has 0 aliphatic carbocycles. The number of amides is 1. The maximum atomic E-state index is 13.6. The predicted octanol–water partition coefficient (Wildman–Crippen LogP) is 3.35. The number of hydrogen-bond acceptors (Lipinski definition) is 6. The molecular formula is C22H27N3O4. The molecule has 3 unspecified atom stereocenters. The number of carbonyl (C=O) groups is 1. The van der Waals surface area contributed by atoms with E-state index in [1.54, 1.807) is 18.5 Å². The number of aromatic nitrogens is 2. The molecule has 7 nitrogen and oxygen atoms in total. The minimum absolute atomic E-state index is 0.0576. The Balaban J connectivity index is 1.54. The standard InChI is InChI=1S/C22H27N3O4/c1-3-27-18-10-12-24-21(28-4-2)20(18)22(26)25-16-8-9-17(25)15(13-16)14-29-19-7-5-6-11-23-19/h5-7,10-12,15-17H,3-4,8-9,13-14H2,1-2H3. The minimum atomic E-state index is -0.0576. The van der Waals surface area contributed by atoms with Gasteiger partial charge in [0.2, 0.25) is 11.8 Å². The van der Waals surface area contributed by atoms with Crippen molar-refractivity contribution in [2.24, 2.45) is 5.92 Å². The van der Waals surface area contributed by atoms with Crippen LogP contribution < -0.4 is 14.2 Å². The van der Waals surface area contributed by atoms with Gasteiger partial charge in [0.1, 0.15) is 11.3 Å². The summed E-state index contributed by atoms with van der Waals surface area (Å²) in [5.41, 5.74) is 0.430. The molecule has 3 atom stereocenters. The molecule has 2 aliphatic heterocycles. The molecular weight excluding hydrogens is 370 g/mol. The van der Waals surface area contributed by atoms with Crippen molar-refractivity contribution in [1.82, 2.24) is 14.9 Å². The van der Waals surface area contributed by atoms with Gasteiger partial charge >= 0.3 is 0 Å². The number of rotatable bonds is 8. The number of carbonyl (C=O) groups excluding carboxylic acids is 1. The van der Waals surface area contributed by atoms with E-state index in [1.807, 2.05) is 36.9 Å². The molecule has 0 spiro atoms. The molecule has 0 saturated carbocycles. The summed E-state index contributed by atoms with van der Waals surface area (Å²) < 4.78 is 17.3. The first-order valence-corrected chi connectivity index (χ1v) is 10.3. The highest BCUT2D eigenvalue weighted by atomic mass is 16.5. The molecule has 29 heavy (non-hydrogen) atoms. The fourth-order valence-corrected chi connectivity index (χ4v) is 4.51.